The molecule has 0 unspecified atom stereocenters. The van der Waals surface area contributed by atoms with Gasteiger partial charge in [0.1, 0.15) is 5.75 Å². The molecular weight excluding hydrogens is 264 g/mol. The second-order valence-electron chi connectivity index (χ2n) is 3.89. The fourth-order valence-corrected chi connectivity index (χ4v) is 2.71. The predicted molar refractivity (Wildman–Crippen MR) is 72.6 cm³/mol. The molecule has 1 aromatic carbocycles. The van der Waals surface area contributed by atoms with E-state index in [1.807, 2.05) is 12.1 Å². The van der Waals surface area contributed by atoms with E-state index in [0.29, 0.717) is 16.5 Å². The molecule has 0 saturated heterocycles. The fraction of sp³-hybridized carbons (Fsp3) is 0.231. The van der Waals surface area contributed by atoms with Gasteiger partial charge in [-0.3, -0.25) is 4.79 Å². The van der Waals surface area contributed by atoms with Gasteiger partial charge in [-0.2, -0.15) is 0 Å². The molecule has 100 valence electrons. The average molecular weight is 278 g/mol. The van der Waals surface area contributed by atoms with Crippen LogP contribution in [-0.4, -0.2) is 22.2 Å². The number of hydrogen-bond donors (Lipinski definition) is 2. The third-order valence-electron chi connectivity index (χ3n) is 2.52. The number of ether oxygens (including phenoxy) is 1. The zero-order chi connectivity index (χ0) is 13.8. The van der Waals surface area contributed by atoms with Crippen molar-refractivity contribution in [2.45, 2.75) is 23.1 Å². The Kier molecular flexibility index (Phi) is 4.24. The largest absolute Gasteiger partial charge is 0.496 e. The second kappa shape index (κ2) is 5.90. The van der Waals surface area contributed by atoms with Crippen molar-refractivity contribution in [1.29, 1.82) is 0 Å². The first-order chi connectivity index (χ1) is 9.11. The summed E-state index contributed by atoms with van der Waals surface area (Å²) in [5, 5.41) is 10.3. The molecule has 2 aromatic rings. The first-order valence-electron chi connectivity index (χ1n) is 5.70. The summed E-state index contributed by atoms with van der Waals surface area (Å²) >= 11 is 1.28. The Labute approximate surface area is 114 Å². The summed E-state index contributed by atoms with van der Waals surface area (Å²) in [6.07, 6.45) is 0.776. The van der Waals surface area contributed by atoms with E-state index in [2.05, 4.69) is 9.97 Å². The molecule has 2 N–H and O–H groups in total. The van der Waals surface area contributed by atoms with Crippen LogP contribution >= 0.6 is 11.8 Å². The molecule has 0 saturated carbocycles. The fourth-order valence-electron chi connectivity index (χ4n) is 1.71. The van der Waals surface area contributed by atoms with Gasteiger partial charge in [-0.15, -0.1) is 0 Å². The number of aromatic amines is 1. The maximum atomic E-state index is 11.2. The molecule has 0 amide bonds. The molecule has 0 radical (unpaired) electrons. The average Bonchev–Trinajstić information content (AvgIpc) is 2.38. The first kappa shape index (κ1) is 13.6. The Balaban J connectivity index is 2.42. The second-order valence-corrected chi connectivity index (χ2v) is 4.92. The zero-order valence-corrected chi connectivity index (χ0v) is 11.4. The molecule has 1 aromatic heterocycles. The number of nitrogens with one attached hydrogen (secondary N) is 1. The number of aromatic nitrogens is 2. The van der Waals surface area contributed by atoms with Crippen molar-refractivity contribution < 1.29 is 9.84 Å². The highest BCUT2D eigenvalue weighted by Gasteiger charge is 2.15. The molecule has 5 nitrogen and oxygen atoms in total. The van der Waals surface area contributed by atoms with Crippen LogP contribution in [0.1, 0.15) is 18.6 Å². The highest BCUT2D eigenvalue weighted by Crippen LogP contribution is 2.36. The molecule has 0 aliphatic heterocycles. The van der Waals surface area contributed by atoms with Gasteiger partial charge >= 0.3 is 0 Å². The van der Waals surface area contributed by atoms with E-state index in [4.69, 9.17) is 4.74 Å². The summed E-state index contributed by atoms with van der Waals surface area (Å²) in [7, 11) is 1.55. The van der Waals surface area contributed by atoms with E-state index in [1.54, 1.807) is 20.1 Å². The van der Waals surface area contributed by atoms with Crippen molar-refractivity contribution in [1.82, 2.24) is 9.97 Å². The Morgan fingerprint density at radius 2 is 2.21 bits per heavy atom. The molecule has 0 aliphatic carbocycles. The molecule has 1 heterocycles. The van der Waals surface area contributed by atoms with E-state index >= 15 is 0 Å². The number of aliphatic hydroxyl groups is 1. The lowest BCUT2D eigenvalue weighted by Gasteiger charge is -2.15. The van der Waals surface area contributed by atoms with Crippen LogP contribution < -0.4 is 10.3 Å². The highest BCUT2D eigenvalue weighted by molar-refractivity contribution is 7.99. The summed E-state index contributed by atoms with van der Waals surface area (Å²) in [4.78, 5) is 18.7. The van der Waals surface area contributed by atoms with Gasteiger partial charge in [0.15, 0.2) is 5.16 Å². The SMILES string of the molecule is COc1cccc(Sc2nccc(=O)[nH]2)c1[C@@H](C)O. The molecule has 0 fully saturated rings. The van der Waals surface area contributed by atoms with E-state index in [9.17, 15) is 9.90 Å². The normalized spacial score (nSPS) is 12.2. The number of aliphatic hydroxyl groups excluding tert-OH is 1. The van der Waals surface area contributed by atoms with Crippen LogP contribution in [-0.2, 0) is 0 Å². The number of benzene rings is 1. The van der Waals surface area contributed by atoms with E-state index in [0.717, 1.165) is 4.90 Å². The zero-order valence-electron chi connectivity index (χ0n) is 10.6. The minimum absolute atomic E-state index is 0.209. The first-order valence-corrected chi connectivity index (χ1v) is 6.51. The smallest absolute Gasteiger partial charge is 0.251 e. The van der Waals surface area contributed by atoms with Gasteiger partial charge < -0.3 is 14.8 Å². The minimum atomic E-state index is -0.672. The summed E-state index contributed by atoms with van der Waals surface area (Å²) < 4.78 is 5.24. The highest BCUT2D eigenvalue weighted by atomic mass is 32.2. The van der Waals surface area contributed by atoms with Crippen LogP contribution in [0.15, 0.2) is 45.3 Å². The van der Waals surface area contributed by atoms with E-state index < -0.39 is 6.10 Å². The van der Waals surface area contributed by atoms with E-state index in [-0.39, 0.29) is 5.56 Å². The Hall–Kier alpha value is -1.79. The number of nitrogens with zero attached hydrogens (tertiary/aromatic N) is 1. The van der Waals surface area contributed by atoms with Crippen molar-refractivity contribution in [2.75, 3.05) is 7.11 Å². The topological polar surface area (TPSA) is 75.2 Å². The van der Waals surface area contributed by atoms with Gasteiger partial charge in [-0.25, -0.2) is 4.98 Å². The minimum Gasteiger partial charge on any atom is -0.496 e. The molecule has 0 bridgehead atoms. The molecular formula is C13H14N2O3S. The van der Waals surface area contributed by atoms with Crippen LogP contribution in [0.5, 0.6) is 5.75 Å². The standard InChI is InChI=1S/C13H14N2O3S/c1-8(16)12-9(18-2)4-3-5-10(12)19-13-14-7-6-11(17)15-13/h3-8,16H,1-2H3,(H,14,15,17)/t8-/m1/s1. The van der Waals surface area contributed by atoms with Crippen molar-refractivity contribution in [3.8, 4) is 5.75 Å². The Morgan fingerprint density at radius 3 is 2.84 bits per heavy atom. The number of methoxy groups -OCH3 is 1. The summed E-state index contributed by atoms with van der Waals surface area (Å²) in [5.74, 6) is 0.610. The van der Waals surface area contributed by atoms with Gasteiger partial charge in [0, 0.05) is 22.7 Å². The molecule has 2 rings (SSSR count). The molecule has 1 atom stereocenters. The van der Waals surface area contributed by atoms with Gasteiger partial charge in [-0.05, 0) is 19.1 Å². The quantitative estimate of drug-likeness (QED) is 0.836. The van der Waals surface area contributed by atoms with Crippen LogP contribution in [0.4, 0.5) is 0 Å². The van der Waals surface area contributed by atoms with Crippen molar-refractivity contribution in [3.05, 3.63) is 46.4 Å². The lowest BCUT2D eigenvalue weighted by Crippen LogP contribution is -2.05. The summed E-state index contributed by atoms with van der Waals surface area (Å²) in [6, 6.07) is 6.81. The van der Waals surface area contributed by atoms with E-state index in [1.165, 1.54) is 24.0 Å². The predicted octanol–water partition coefficient (Wildman–Crippen LogP) is 1.98. The lowest BCUT2D eigenvalue weighted by atomic mass is 10.1. The molecule has 0 spiro atoms. The molecule has 0 aliphatic rings. The molecule has 19 heavy (non-hydrogen) atoms. The third kappa shape index (κ3) is 3.15. The lowest BCUT2D eigenvalue weighted by molar-refractivity contribution is 0.191. The molecule has 6 heteroatoms. The maximum absolute atomic E-state index is 11.2. The van der Waals surface area contributed by atoms with Gasteiger partial charge in [0.2, 0.25) is 0 Å². The van der Waals surface area contributed by atoms with Crippen molar-refractivity contribution >= 4 is 11.8 Å². The number of H-pyrrole nitrogens is 1. The van der Waals surface area contributed by atoms with Gasteiger partial charge in [0.25, 0.3) is 5.56 Å². The number of hydrogen-bond acceptors (Lipinski definition) is 5. The van der Waals surface area contributed by atoms with Crippen molar-refractivity contribution in [2.24, 2.45) is 0 Å². The van der Waals surface area contributed by atoms with Gasteiger partial charge in [0.05, 0.1) is 13.2 Å². The van der Waals surface area contributed by atoms with Crippen LogP contribution in [0, 0.1) is 0 Å². The monoisotopic (exact) mass is 278 g/mol. The summed E-state index contributed by atoms with van der Waals surface area (Å²) in [6.45, 7) is 1.67. The Bertz CT molecular complexity index is 625. The van der Waals surface area contributed by atoms with Crippen LogP contribution in [0.25, 0.3) is 0 Å². The van der Waals surface area contributed by atoms with Crippen molar-refractivity contribution in [3.63, 3.8) is 0 Å². The third-order valence-corrected chi connectivity index (χ3v) is 3.49. The maximum Gasteiger partial charge on any atom is 0.251 e. The summed E-state index contributed by atoms with van der Waals surface area (Å²) in [5.41, 5.74) is 0.473. The van der Waals surface area contributed by atoms with Crippen LogP contribution in [0.3, 0.4) is 0 Å². The number of rotatable bonds is 4. The van der Waals surface area contributed by atoms with Gasteiger partial charge in [-0.1, -0.05) is 17.8 Å². The Morgan fingerprint density at radius 1 is 1.42 bits per heavy atom. The van der Waals surface area contributed by atoms with Crippen LogP contribution in [0.2, 0.25) is 0 Å².